The van der Waals surface area contributed by atoms with Crippen molar-refractivity contribution in [1.29, 1.82) is 0 Å². The van der Waals surface area contributed by atoms with E-state index in [-0.39, 0.29) is 23.0 Å². The predicted octanol–water partition coefficient (Wildman–Crippen LogP) is 2.09. The molecule has 0 unspecified atom stereocenters. The molecule has 0 aliphatic carbocycles. The Kier molecular flexibility index (Phi) is 4.19. The molecule has 2 heterocycles. The highest BCUT2D eigenvalue weighted by Crippen LogP contribution is 2.57. The first-order valence-electron chi connectivity index (χ1n) is 7.35. The first-order valence-corrected chi connectivity index (χ1v) is 8.16. The standard InChI is InChI=1S/C16H14FNO6S/c1-8(23-9(2)19)16-7-12(20)18(16)13(14(21)22)15(25-16)24-11-5-3-10(17)4-6-11/h3-6,8H,7H2,1-2H3,(H,21,22)/t8-,16+/m1/s1. The molecule has 1 N–H and O–H groups in total. The Morgan fingerprint density at radius 1 is 1.36 bits per heavy atom. The summed E-state index contributed by atoms with van der Waals surface area (Å²) >= 11 is 1.01. The molecule has 2 aliphatic heterocycles. The van der Waals surface area contributed by atoms with Crippen molar-refractivity contribution in [2.45, 2.75) is 31.2 Å². The van der Waals surface area contributed by atoms with Gasteiger partial charge >= 0.3 is 11.9 Å². The fraction of sp³-hybridized carbons (Fsp3) is 0.312. The maximum absolute atomic E-state index is 13.0. The van der Waals surface area contributed by atoms with E-state index in [1.807, 2.05) is 0 Å². The lowest BCUT2D eigenvalue weighted by Crippen LogP contribution is -2.65. The number of amides is 1. The molecule has 0 aromatic heterocycles. The van der Waals surface area contributed by atoms with Crippen LogP contribution in [0.25, 0.3) is 0 Å². The van der Waals surface area contributed by atoms with Crippen molar-refractivity contribution in [2.24, 2.45) is 0 Å². The quantitative estimate of drug-likeness (QED) is 0.629. The first-order chi connectivity index (χ1) is 11.7. The Hall–Kier alpha value is -2.55. The summed E-state index contributed by atoms with van der Waals surface area (Å²) in [6, 6.07) is 5.05. The Balaban J connectivity index is 1.94. The number of nitrogens with zero attached hydrogens (tertiary/aromatic N) is 1. The van der Waals surface area contributed by atoms with Crippen LogP contribution in [0.1, 0.15) is 20.3 Å². The molecular weight excluding hydrogens is 353 g/mol. The number of thioether (sulfide) groups is 1. The number of aliphatic carboxylic acids is 1. The van der Waals surface area contributed by atoms with Crippen LogP contribution in [0, 0.1) is 5.82 Å². The maximum atomic E-state index is 13.0. The molecule has 1 aromatic rings. The molecule has 9 heteroatoms. The summed E-state index contributed by atoms with van der Waals surface area (Å²) in [5.74, 6) is -2.51. The minimum Gasteiger partial charge on any atom is -0.476 e. The summed E-state index contributed by atoms with van der Waals surface area (Å²) in [6.07, 6.45) is -0.726. The number of halogens is 1. The average molecular weight is 367 g/mol. The van der Waals surface area contributed by atoms with Crippen LogP contribution in [0.3, 0.4) is 0 Å². The Morgan fingerprint density at radius 3 is 2.52 bits per heavy atom. The van der Waals surface area contributed by atoms with Crippen molar-refractivity contribution in [1.82, 2.24) is 4.90 Å². The monoisotopic (exact) mass is 367 g/mol. The highest BCUT2D eigenvalue weighted by molar-refractivity contribution is 8.04. The van der Waals surface area contributed by atoms with E-state index in [1.54, 1.807) is 6.92 Å². The number of β-lactam (4-membered cyclic amide) rings is 1. The minimum atomic E-state index is -1.34. The number of carboxylic acids is 1. The molecule has 1 amide bonds. The van der Waals surface area contributed by atoms with E-state index in [0.29, 0.717) is 0 Å². The minimum absolute atomic E-state index is 0.0102. The number of carboxylic acid groups (broad SMARTS) is 1. The second kappa shape index (κ2) is 6.07. The van der Waals surface area contributed by atoms with E-state index in [9.17, 15) is 23.9 Å². The normalized spacial score (nSPS) is 23.0. The first kappa shape index (κ1) is 17.3. The molecule has 3 rings (SSSR count). The number of carbonyl (C=O) groups is 3. The molecule has 25 heavy (non-hydrogen) atoms. The van der Waals surface area contributed by atoms with Crippen LogP contribution >= 0.6 is 11.8 Å². The number of ether oxygens (including phenoxy) is 2. The van der Waals surface area contributed by atoms with Gasteiger partial charge in [0.1, 0.15) is 22.5 Å². The molecule has 2 aliphatic rings. The highest BCUT2D eigenvalue weighted by atomic mass is 32.2. The van der Waals surface area contributed by atoms with Gasteiger partial charge in [-0.2, -0.15) is 0 Å². The topological polar surface area (TPSA) is 93.1 Å². The summed E-state index contributed by atoms with van der Waals surface area (Å²) < 4.78 is 23.8. The van der Waals surface area contributed by atoms with Crippen molar-refractivity contribution in [2.75, 3.05) is 0 Å². The van der Waals surface area contributed by atoms with Crippen LogP contribution in [0.5, 0.6) is 5.75 Å². The van der Waals surface area contributed by atoms with Gasteiger partial charge < -0.3 is 14.6 Å². The summed E-state index contributed by atoms with van der Waals surface area (Å²) in [5, 5.41) is 9.50. The van der Waals surface area contributed by atoms with Gasteiger partial charge in [0.05, 0.1) is 6.42 Å². The zero-order chi connectivity index (χ0) is 18.4. The second-order valence-corrected chi connectivity index (χ2v) is 6.88. The Bertz CT molecular complexity index is 792. The number of hydrogen-bond donors (Lipinski definition) is 1. The molecule has 0 saturated carbocycles. The van der Waals surface area contributed by atoms with Crippen molar-refractivity contribution >= 4 is 29.6 Å². The lowest BCUT2D eigenvalue weighted by atomic mass is 9.95. The van der Waals surface area contributed by atoms with E-state index in [2.05, 4.69) is 0 Å². The summed E-state index contributed by atoms with van der Waals surface area (Å²) in [4.78, 5) is 35.0. The third-order valence-electron chi connectivity index (χ3n) is 3.92. The van der Waals surface area contributed by atoms with E-state index in [1.165, 1.54) is 31.2 Å². The zero-order valence-electron chi connectivity index (χ0n) is 13.3. The van der Waals surface area contributed by atoms with Gasteiger partial charge in [-0.25, -0.2) is 9.18 Å². The van der Waals surface area contributed by atoms with Crippen LogP contribution in [0.2, 0.25) is 0 Å². The van der Waals surface area contributed by atoms with E-state index in [4.69, 9.17) is 9.47 Å². The van der Waals surface area contributed by atoms with Crippen LogP contribution in [-0.4, -0.2) is 38.8 Å². The molecular formula is C16H14FNO6S. The van der Waals surface area contributed by atoms with Gasteiger partial charge in [0.15, 0.2) is 10.8 Å². The molecule has 1 fully saturated rings. The van der Waals surface area contributed by atoms with E-state index >= 15 is 0 Å². The molecule has 0 bridgehead atoms. The maximum Gasteiger partial charge on any atom is 0.357 e. The number of fused-ring (bicyclic) bond motifs is 1. The average Bonchev–Trinajstić information content (AvgIpc) is 2.78. The van der Waals surface area contributed by atoms with Crippen molar-refractivity contribution in [3.05, 3.63) is 40.9 Å². The molecule has 132 valence electrons. The third-order valence-corrected chi connectivity index (χ3v) is 5.40. The predicted molar refractivity (Wildman–Crippen MR) is 84.7 cm³/mol. The Morgan fingerprint density at radius 2 is 2.00 bits per heavy atom. The fourth-order valence-corrected chi connectivity index (χ4v) is 4.23. The van der Waals surface area contributed by atoms with Gasteiger partial charge in [0, 0.05) is 6.92 Å². The SMILES string of the molecule is CC(=O)O[C@H](C)[C@@]12CC(=O)N1C(C(=O)O)=C(Oc1ccc(F)cc1)S2. The number of rotatable bonds is 5. The van der Waals surface area contributed by atoms with Crippen LogP contribution in [0.15, 0.2) is 35.1 Å². The van der Waals surface area contributed by atoms with Gasteiger partial charge in [0.25, 0.3) is 0 Å². The largest absolute Gasteiger partial charge is 0.476 e. The number of hydrogen-bond acceptors (Lipinski definition) is 6. The second-order valence-electron chi connectivity index (χ2n) is 5.60. The summed E-state index contributed by atoms with van der Waals surface area (Å²) in [5.41, 5.74) is -0.315. The number of benzene rings is 1. The molecule has 1 aromatic carbocycles. The van der Waals surface area contributed by atoms with Crippen molar-refractivity contribution in [3.63, 3.8) is 0 Å². The van der Waals surface area contributed by atoms with Gasteiger partial charge in [-0.15, -0.1) is 0 Å². The van der Waals surface area contributed by atoms with E-state index in [0.717, 1.165) is 16.7 Å². The van der Waals surface area contributed by atoms with Gasteiger partial charge in [-0.3, -0.25) is 14.5 Å². The molecule has 0 spiro atoms. The third kappa shape index (κ3) is 2.84. The van der Waals surface area contributed by atoms with Crippen molar-refractivity contribution < 1.29 is 33.4 Å². The smallest absolute Gasteiger partial charge is 0.357 e. The number of esters is 1. The van der Waals surface area contributed by atoms with Gasteiger partial charge in [-0.05, 0) is 31.2 Å². The lowest BCUT2D eigenvalue weighted by Gasteiger charge is -2.48. The van der Waals surface area contributed by atoms with Crippen LogP contribution in [0.4, 0.5) is 4.39 Å². The summed E-state index contributed by atoms with van der Waals surface area (Å²) in [7, 11) is 0. The number of carbonyl (C=O) groups excluding carboxylic acids is 2. The lowest BCUT2D eigenvalue weighted by molar-refractivity contribution is -0.165. The van der Waals surface area contributed by atoms with Crippen molar-refractivity contribution in [3.8, 4) is 5.75 Å². The van der Waals surface area contributed by atoms with E-state index < -0.39 is 34.6 Å². The Labute approximate surface area is 146 Å². The molecule has 1 saturated heterocycles. The van der Waals surface area contributed by atoms with Gasteiger partial charge in [0.2, 0.25) is 5.91 Å². The van der Waals surface area contributed by atoms with Crippen LogP contribution in [-0.2, 0) is 19.1 Å². The van der Waals surface area contributed by atoms with Gasteiger partial charge in [-0.1, -0.05) is 11.8 Å². The molecule has 7 nitrogen and oxygen atoms in total. The summed E-state index contributed by atoms with van der Waals surface area (Å²) in [6.45, 7) is 2.83. The fourth-order valence-electron chi connectivity index (χ4n) is 2.80. The zero-order valence-corrected chi connectivity index (χ0v) is 14.1. The highest BCUT2D eigenvalue weighted by Gasteiger charge is 2.65. The molecule has 2 atom stereocenters. The molecule has 0 radical (unpaired) electrons. The van der Waals surface area contributed by atoms with Crippen LogP contribution < -0.4 is 4.74 Å².